The highest BCUT2D eigenvalue weighted by Crippen LogP contribution is 2.06. The molecule has 1 aromatic heterocycles. The van der Waals surface area contributed by atoms with Crippen LogP contribution in [0.25, 0.3) is 6.08 Å². The van der Waals surface area contributed by atoms with Crippen LogP contribution in [0.4, 0.5) is 0 Å². The van der Waals surface area contributed by atoms with E-state index in [1.54, 1.807) is 6.33 Å². The molecule has 0 N–H and O–H groups in total. The Balaban J connectivity index is 2.53. The molecule has 0 unspecified atom stereocenters. The predicted octanol–water partition coefficient (Wildman–Crippen LogP) is 0.695. The minimum atomic E-state index is 0.973. The first kappa shape index (κ1) is 4.73. The predicted molar refractivity (Wildman–Crippen MR) is 33.7 cm³/mol. The fraction of sp³-hybridized carbons (Fsp3) is 0.333. The van der Waals surface area contributed by atoms with Gasteiger partial charge in [-0.3, -0.25) is 0 Å². The van der Waals surface area contributed by atoms with Crippen LogP contribution in [0.15, 0.2) is 12.4 Å². The van der Waals surface area contributed by atoms with Gasteiger partial charge in [0.25, 0.3) is 0 Å². The van der Waals surface area contributed by atoms with Crippen molar-refractivity contribution in [1.29, 1.82) is 0 Å². The van der Waals surface area contributed by atoms with Gasteiger partial charge in [0.2, 0.25) is 0 Å². The summed E-state index contributed by atoms with van der Waals surface area (Å²) in [5.41, 5.74) is 0. The molecule has 0 saturated carbocycles. The average molecular weight is 121 g/mol. The summed E-state index contributed by atoms with van der Waals surface area (Å²) in [5.74, 6) is 0.973. The van der Waals surface area contributed by atoms with E-state index in [0.717, 1.165) is 18.8 Å². The van der Waals surface area contributed by atoms with Crippen molar-refractivity contribution in [3.05, 3.63) is 18.2 Å². The van der Waals surface area contributed by atoms with Crippen molar-refractivity contribution >= 4 is 6.08 Å². The summed E-state index contributed by atoms with van der Waals surface area (Å²) in [6, 6.07) is 0. The summed E-state index contributed by atoms with van der Waals surface area (Å²) in [4.78, 5) is 0. The monoisotopic (exact) mass is 121 g/mol. The third-order valence-electron chi connectivity index (χ3n) is 1.45. The Bertz CT molecular complexity index is 236. The van der Waals surface area contributed by atoms with E-state index < -0.39 is 0 Å². The standard InChI is InChI=1S/C6H7N3/c1-2-4-9-5-7-8-6(9)3-1/h1,3,5H,2,4H2. The molecule has 0 aromatic carbocycles. The average Bonchev–Trinajstić information content (AvgIpc) is 2.33. The molecule has 3 nitrogen and oxygen atoms in total. The van der Waals surface area contributed by atoms with Gasteiger partial charge in [-0.2, -0.15) is 0 Å². The maximum absolute atomic E-state index is 3.88. The third-order valence-corrected chi connectivity index (χ3v) is 1.45. The van der Waals surface area contributed by atoms with Crippen molar-refractivity contribution in [2.45, 2.75) is 13.0 Å². The number of nitrogens with zero attached hydrogens (tertiary/aromatic N) is 3. The van der Waals surface area contributed by atoms with Crippen molar-refractivity contribution < 1.29 is 0 Å². The van der Waals surface area contributed by atoms with Crippen molar-refractivity contribution in [1.82, 2.24) is 14.8 Å². The van der Waals surface area contributed by atoms with E-state index in [9.17, 15) is 0 Å². The Hall–Kier alpha value is -1.12. The number of aromatic nitrogens is 3. The van der Waals surface area contributed by atoms with Crippen LogP contribution in [0.3, 0.4) is 0 Å². The van der Waals surface area contributed by atoms with Gasteiger partial charge in [-0.25, -0.2) is 0 Å². The second kappa shape index (κ2) is 1.69. The van der Waals surface area contributed by atoms with Crippen molar-refractivity contribution in [2.75, 3.05) is 0 Å². The summed E-state index contributed by atoms with van der Waals surface area (Å²) in [6.45, 7) is 1.03. The lowest BCUT2D eigenvalue weighted by atomic mass is 10.3. The molecule has 2 rings (SSSR count). The number of aryl methyl sites for hydroxylation is 1. The van der Waals surface area contributed by atoms with Crippen molar-refractivity contribution in [2.24, 2.45) is 0 Å². The molecular formula is C6H7N3. The Morgan fingerprint density at radius 2 is 2.56 bits per heavy atom. The van der Waals surface area contributed by atoms with Crippen LogP contribution in [0.1, 0.15) is 12.2 Å². The van der Waals surface area contributed by atoms with Crippen LogP contribution in [-0.2, 0) is 6.54 Å². The highest BCUT2D eigenvalue weighted by atomic mass is 15.3. The van der Waals surface area contributed by atoms with E-state index in [1.807, 2.05) is 10.6 Å². The van der Waals surface area contributed by atoms with Gasteiger partial charge in [-0.1, -0.05) is 6.08 Å². The number of hydrogen-bond donors (Lipinski definition) is 0. The van der Waals surface area contributed by atoms with Gasteiger partial charge in [-0.15, -0.1) is 10.2 Å². The maximum atomic E-state index is 3.88. The van der Waals surface area contributed by atoms with E-state index in [2.05, 4.69) is 16.3 Å². The Morgan fingerprint density at radius 3 is 3.44 bits per heavy atom. The fourth-order valence-electron chi connectivity index (χ4n) is 0.968. The lowest BCUT2D eigenvalue weighted by molar-refractivity contribution is 0.688. The summed E-state index contributed by atoms with van der Waals surface area (Å²) in [7, 11) is 0. The summed E-state index contributed by atoms with van der Waals surface area (Å²) < 4.78 is 2.04. The van der Waals surface area contributed by atoms with E-state index in [0.29, 0.717) is 0 Å². The van der Waals surface area contributed by atoms with Gasteiger partial charge in [0, 0.05) is 6.54 Å². The van der Waals surface area contributed by atoms with Gasteiger partial charge in [0.1, 0.15) is 6.33 Å². The van der Waals surface area contributed by atoms with Crippen molar-refractivity contribution in [3.8, 4) is 0 Å². The minimum Gasteiger partial charge on any atom is -0.314 e. The Labute approximate surface area is 53.0 Å². The second-order valence-electron chi connectivity index (χ2n) is 2.07. The highest BCUT2D eigenvalue weighted by molar-refractivity contribution is 5.40. The molecule has 1 aliphatic heterocycles. The smallest absolute Gasteiger partial charge is 0.156 e. The molecule has 46 valence electrons. The van der Waals surface area contributed by atoms with E-state index in [4.69, 9.17) is 0 Å². The van der Waals surface area contributed by atoms with Crippen LogP contribution < -0.4 is 0 Å². The maximum Gasteiger partial charge on any atom is 0.156 e. The highest BCUT2D eigenvalue weighted by Gasteiger charge is 2.01. The summed E-state index contributed by atoms with van der Waals surface area (Å²) in [6.07, 6.45) is 6.98. The first-order valence-corrected chi connectivity index (χ1v) is 3.01. The molecule has 0 aliphatic carbocycles. The molecule has 0 radical (unpaired) electrons. The topological polar surface area (TPSA) is 30.7 Å². The molecule has 0 atom stereocenters. The molecule has 0 spiro atoms. The van der Waals surface area contributed by atoms with Crippen molar-refractivity contribution in [3.63, 3.8) is 0 Å². The third kappa shape index (κ3) is 0.650. The van der Waals surface area contributed by atoms with E-state index in [1.165, 1.54) is 0 Å². The molecule has 1 aliphatic rings. The van der Waals surface area contributed by atoms with Crippen LogP contribution >= 0.6 is 0 Å². The Kier molecular flexibility index (Phi) is 0.886. The number of hydrogen-bond acceptors (Lipinski definition) is 2. The number of allylic oxidation sites excluding steroid dienone is 1. The Morgan fingerprint density at radius 1 is 1.56 bits per heavy atom. The molecule has 0 fully saturated rings. The van der Waals surface area contributed by atoms with Gasteiger partial charge in [0.15, 0.2) is 5.82 Å². The second-order valence-corrected chi connectivity index (χ2v) is 2.07. The van der Waals surface area contributed by atoms with Crippen LogP contribution in [0, 0.1) is 0 Å². The lowest BCUT2D eigenvalue weighted by Crippen LogP contribution is -2.01. The van der Waals surface area contributed by atoms with Crippen LogP contribution in [-0.4, -0.2) is 14.8 Å². The summed E-state index contributed by atoms with van der Waals surface area (Å²) >= 11 is 0. The van der Waals surface area contributed by atoms with Gasteiger partial charge in [-0.05, 0) is 12.5 Å². The quantitative estimate of drug-likeness (QED) is 0.505. The molecule has 1 aromatic rings. The number of rotatable bonds is 0. The molecule has 2 heterocycles. The van der Waals surface area contributed by atoms with Gasteiger partial charge < -0.3 is 4.57 Å². The van der Waals surface area contributed by atoms with E-state index >= 15 is 0 Å². The molecule has 0 bridgehead atoms. The molecule has 0 saturated heterocycles. The zero-order chi connectivity index (χ0) is 6.10. The normalized spacial score (nSPS) is 15.6. The molecule has 9 heavy (non-hydrogen) atoms. The molecule has 3 heteroatoms. The van der Waals surface area contributed by atoms with Crippen LogP contribution in [0.2, 0.25) is 0 Å². The zero-order valence-corrected chi connectivity index (χ0v) is 4.99. The SMILES string of the molecule is C1=Cc2nncn2CC1. The summed E-state index contributed by atoms with van der Waals surface area (Å²) in [5, 5.41) is 7.65. The lowest BCUT2D eigenvalue weighted by Gasteiger charge is -2.04. The fourth-order valence-corrected chi connectivity index (χ4v) is 0.968. The number of fused-ring (bicyclic) bond motifs is 1. The molecule has 0 amide bonds. The van der Waals surface area contributed by atoms with Crippen LogP contribution in [0.5, 0.6) is 0 Å². The first-order valence-electron chi connectivity index (χ1n) is 3.01. The first-order chi connectivity index (χ1) is 4.47. The van der Waals surface area contributed by atoms with Gasteiger partial charge in [0.05, 0.1) is 0 Å². The van der Waals surface area contributed by atoms with E-state index in [-0.39, 0.29) is 0 Å². The molecular weight excluding hydrogens is 114 g/mol. The van der Waals surface area contributed by atoms with Gasteiger partial charge >= 0.3 is 0 Å². The largest absolute Gasteiger partial charge is 0.314 e. The minimum absolute atomic E-state index is 0.973. The zero-order valence-electron chi connectivity index (χ0n) is 4.99.